The van der Waals surface area contributed by atoms with Crippen LogP contribution in [0.15, 0.2) is 9.90 Å². The smallest absolute Gasteiger partial charge is 0.277 e. The fourth-order valence-electron chi connectivity index (χ4n) is 2.41. The summed E-state index contributed by atoms with van der Waals surface area (Å²) in [7, 11) is 0. The molecule has 0 spiro atoms. The molecule has 1 saturated carbocycles. The molecule has 0 unspecified atom stereocenters. The van der Waals surface area contributed by atoms with E-state index in [2.05, 4.69) is 29.0 Å². The lowest BCUT2D eigenvalue weighted by molar-refractivity contribution is 0.372. The molecule has 2 aromatic heterocycles. The Labute approximate surface area is 116 Å². The number of nitrogens with two attached hydrogens (primary N) is 1. The van der Waals surface area contributed by atoms with Crippen LogP contribution >= 0.6 is 11.3 Å². The molecule has 0 bridgehead atoms. The highest BCUT2D eigenvalue weighted by Gasteiger charge is 2.36. The number of rotatable bonds is 3. The van der Waals surface area contributed by atoms with Gasteiger partial charge in [0.25, 0.3) is 5.89 Å². The van der Waals surface area contributed by atoms with Gasteiger partial charge in [0.05, 0.1) is 10.5 Å². The van der Waals surface area contributed by atoms with E-state index in [0.29, 0.717) is 17.6 Å². The van der Waals surface area contributed by atoms with E-state index < -0.39 is 5.54 Å². The molecule has 0 atom stereocenters. The SMILES string of the molecule is CC(C)c1nc(-c2nc(C3(N)CCCC3)no2)cs1. The lowest BCUT2D eigenvalue weighted by Gasteiger charge is -2.17. The van der Waals surface area contributed by atoms with Crippen molar-refractivity contribution >= 4 is 11.3 Å². The molecule has 5 nitrogen and oxygen atoms in total. The third-order valence-electron chi connectivity index (χ3n) is 3.60. The number of hydrogen-bond acceptors (Lipinski definition) is 6. The summed E-state index contributed by atoms with van der Waals surface area (Å²) in [4.78, 5) is 8.97. The number of thiazole rings is 1. The van der Waals surface area contributed by atoms with Crippen LogP contribution in [0, 0.1) is 0 Å². The lowest BCUT2D eigenvalue weighted by atomic mass is 9.99. The molecule has 1 aliphatic rings. The summed E-state index contributed by atoms with van der Waals surface area (Å²) in [5, 5.41) is 7.10. The van der Waals surface area contributed by atoms with Gasteiger partial charge in [-0.3, -0.25) is 0 Å². The highest BCUT2D eigenvalue weighted by Crippen LogP contribution is 2.35. The van der Waals surface area contributed by atoms with Gasteiger partial charge in [-0.2, -0.15) is 4.98 Å². The lowest BCUT2D eigenvalue weighted by Crippen LogP contribution is -2.34. The molecule has 19 heavy (non-hydrogen) atoms. The van der Waals surface area contributed by atoms with Crippen molar-refractivity contribution in [2.75, 3.05) is 0 Å². The molecule has 0 amide bonds. The van der Waals surface area contributed by atoms with Crippen molar-refractivity contribution in [2.45, 2.75) is 51.0 Å². The van der Waals surface area contributed by atoms with Crippen LogP contribution < -0.4 is 5.73 Å². The van der Waals surface area contributed by atoms with E-state index in [0.717, 1.165) is 36.4 Å². The van der Waals surface area contributed by atoms with Crippen LogP contribution in [0.2, 0.25) is 0 Å². The maximum Gasteiger partial charge on any atom is 0.277 e. The summed E-state index contributed by atoms with van der Waals surface area (Å²) in [5.41, 5.74) is 6.68. The van der Waals surface area contributed by atoms with Gasteiger partial charge in [-0.25, -0.2) is 4.98 Å². The Morgan fingerprint density at radius 1 is 1.32 bits per heavy atom. The molecule has 0 aliphatic heterocycles. The Morgan fingerprint density at radius 2 is 2.05 bits per heavy atom. The number of nitrogens with zero attached hydrogens (tertiary/aromatic N) is 3. The first-order valence-corrected chi connectivity index (χ1v) is 7.55. The molecule has 2 N–H and O–H groups in total. The minimum atomic E-state index is -0.404. The molecule has 0 radical (unpaired) electrons. The molecular weight excluding hydrogens is 260 g/mol. The van der Waals surface area contributed by atoms with E-state index in [4.69, 9.17) is 10.3 Å². The second-order valence-corrected chi connectivity index (χ2v) is 6.40. The molecule has 0 aromatic carbocycles. The largest absolute Gasteiger partial charge is 0.332 e. The monoisotopic (exact) mass is 278 g/mol. The van der Waals surface area contributed by atoms with Crippen LogP contribution in [0.1, 0.15) is 56.3 Å². The van der Waals surface area contributed by atoms with Gasteiger partial charge in [-0.1, -0.05) is 31.8 Å². The molecule has 3 rings (SSSR count). The van der Waals surface area contributed by atoms with Crippen molar-refractivity contribution in [1.82, 2.24) is 15.1 Å². The van der Waals surface area contributed by atoms with Gasteiger partial charge in [-0.05, 0) is 12.8 Å². The van der Waals surface area contributed by atoms with Crippen molar-refractivity contribution in [3.63, 3.8) is 0 Å². The highest BCUT2D eigenvalue weighted by molar-refractivity contribution is 7.10. The maximum absolute atomic E-state index is 6.32. The second-order valence-electron chi connectivity index (χ2n) is 5.51. The molecule has 0 saturated heterocycles. The van der Waals surface area contributed by atoms with E-state index >= 15 is 0 Å². The number of aromatic nitrogens is 3. The van der Waals surface area contributed by atoms with Crippen LogP contribution in [0.4, 0.5) is 0 Å². The Morgan fingerprint density at radius 3 is 2.68 bits per heavy atom. The van der Waals surface area contributed by atoms with Gasteiger partial charge in [0, 0.05) is 11.3 Å². The minimum absolute atomic E-state index is 0.404. The quantitative estimate of drug-likeness (QED) is 0.933. The topological polar surface area (TPSA) is 77.8 Å². The molecule has 1 aliphatic carbocycles. The van der Waals surface area contributed by atoms with Crippen molar-refractivity contribution in [3.05, 3.63) is 16.2 Å². The van der Waals surface area contributed by atoms with Gasteiger partial charge < -0.3 is 10.3 Å². The summed E-state index contributed by atoms with van der Waals surface area (Å²) >= 11 is 1.62. The predicted molar refractivity (Wildman–Crippen MR) is 73.8 cm³/mol. The van der Waals surface area contributed by atoms with E-state index in [1.165, 1.54) is 0 Å². The molecule has 102 valence electrons. The Kier molecular flexibility index (Phi) is 3.14. The van der Waals surface area contributed by atoms with Crippen LogP contribution in [-0.4, -0.2) is 15.1 Å². The zero-order chi connectivity index (χ0) is 13.5. The van der Waals surface area contributed by atoms with Crippen molar-refractivity contribution in [1.29, 1.82) is 0 Å². The van der Waals surface area contributed by atoms with Gasteiger partial charge in [0.15, 0.2) is 5.82 Å². The summed E-state index contributed by atoms with van der Waals surface area (Å²) in [6, 6.07) is 0. The van der Waals surface area contributed by atoms with E-state index in [-0.39, 0.29) is 0 Å². The summed E-state index contributed by atoms with van der Waals surface area (Å²) in [6.45, 7) is 4.24. The third-order valence-corrected chi connectivity index (χ3v) is 4.75. The van der Waals surface area contributed by atoms with Crippen molar-refractivity contribution in [3.8, 4) is 11.6 Å². The van der Waals surface area contributed by atoms with Gasteiger partial charge in [-0.15, -0.1) is 11.3 Å². The Hall–Kier alpha value is -1.27. The molecule has 2 aromatic rings. The predicted octanol–water partition coefficient (Wildman–Crippen LogP) is 3.04. The normalized spacial score (nSPS) is 18.3. The van der Waals surface area contributed by atoms with Crippen molar-refractivity contribution < 1.29 is 4.52 Å². The first-order valence-electron chi connectivity index (χ1n) is 6.67. The zero-order valence-corrected chi connectivity index (χ0v) is 12.0. The third kappa shape index (κ3) is 2.30. The minimum Gasteiger partial charge on any atom is -0.332 e. The average molecular weight is 278 g/mol. The second kappa shape index (κ2) is 4.68. The van der Waals surface area contributed by atoms with Crippen LogP contribution in [0.5, 0.6) is 0 Å². The fourth-order valence-corrected chi connectivity index (χ4v) is 3.22. The van der Waals surface area contributed by atoms with Crippen molar-refractivity contribution in [2.24, 2.45) is 5.73 Å². The summed E-state index contributed by atoms with van der Waals surface area (Å²) in [5.74, 6) is 1.52. The first-order chi connectivity index (χ1) is 9.08. The van der Waals surface area contributed by atoms with Gasteiger partial charge in [0.1, 0.15) is 5.69 Å². The average Bonchev–Trinajstić information content (AvgIpc) is 3.08. The highest BCUT2D eigenvalue weighted by atomic mass is 32.1. The number of hydrogen-bond donors (Lipinski definition) is 1. The van der Waals surface area contributed by atoms with Gasteiger partial charge >= 0.3 is 0 Å². The van der Waals surface area contributed by atoms with Gasteiger partial charge in [0.2, 0.25) is 0 Å². The van der Waals surface area contributed by atoms with E-state index in [1.807, 2.05) is 5.38 Å². The van der Waals surface area contributed by atoms with Crippen LogP contribution in [0.3, 0.4) is 0 Å². The standard InChI is InChI=1S/C13H18N4OS/c1-8(2)11-15-9(7-19-11)10-16-12(17-18-10)13(14)5-3-4-6-13/h7-8H,3-6,14H2,1-2H3. The first kappa shape index (κ1) is 12.7. The Balaban J connectivity index is 1.88. The molecule has 2 heterocycles. The summed E-state index contributed by atoms with van der Waals surface area (Å²) in [6.07, 6.45) is 4.13. The fraction of sp³-hybridized carbons (Fsp3) is 0.615. The molecule has 6 heteroatoms. The molecular formula is C13H18N4OS. The van der Waals surface area contributed by atoms with Crippen LogP contribution in [-0.2, 0) is 5.54 Å². The van der Waals surface area contributed by atoms with E-state index in [1.54, 1.807) is 11.3 Å². The Bertz CT molecular complexity index is 569. The summed E-state index contributed by atoms with van der Waals surface area (Å²) < 4.78 is 5.32. The zero-order valence-electron chi connectivity index (χ0n) is 11.2. The van der Waals surface area contributed by atoms with E-state index in [9.17, 15) is 0 Å². The maximum atomic E-state index is 6.32. The molecule has 1 fully saturated rings. The van der Waals surface area contributed by atoms with Crippen LogP contribution in [0.25, 0.3) is 11.6 Å².